The number of hydrogen-bond donors (Lipinski definition) is 0. The lowest BCUT2D eigenvalue weighted by molar-refractivity contribution is -0.00468. The monoisotopic (exact) mass is 451 g/mol. The summed E-state index contributed by atoms with van der Waals surface area (Å²) in [5.74, 6) is -0.323. The summed E-state index contributed by atoms with van der Waals surface area (Å²) in [6.07, 6.45) is 10.7. The van der Waals surface area contributed by atoms with E-state index in [0.29, 0.717) is 17.7 Å². The van der Waals surface area contributed by atoms with Crippen molar-refractivity contribution < 1.29 is 14.3 Å². The predicted molar refractivity (Wildman–Crippen MR) is 117 cm³/mol. The Balaban J connectivity index is 1.73. The van der Waals surface area contributed by atoms with Crippen molar-refractivity contribution in [1.82, 2.24) is 4.90 Å². The quantitative estimate of drug-likeness (QED) is 0.198. The van der Waals surface area contributed by atoms with Crippen LogP contribution in [-0.2, 0) is 4.74 Å². The molecular formula is C23H34BrNO3. The number of ether oxygens (including phenoxy) is 1. The Labute approximate surface area is 178 Å². The van der Waals surface area contributed by atoms with Gasteiger partial charge in [-0.1, -0.05) is 60.2 Å². The van der Waals surface area contributed by atoms with E-state index in [-0.39, 0.29) is 24.0 Å². The van der Waals surface area contributed by atoms with Gasteiger partial charge in [0.25, 0.3) is 11.8 Å². The van der Waals surface area contributed by atoms with Gasteiger partial charge in [-0.3, -0.25) is 14.5 Å². The first-order valence-electron chi connectivity index (χ1n) is 10.7. The number of alkyl halides is 1. The van der Waals surface area contributed by atoms with Crippen LogP contribution in [0, 0.1) is 0 Å². The average molecular weight is 452 g/mol. The fourth-order valence-electron chi connectivity index (χ4n) is 3.76. The lowest BCUT2D eigenvalue weighted by Gasteiger charge is -2.22. The average Bonchev–Trinajstić information content (AvgIpc) is 2.92. The van der Waals surface area contributed by atoms with E-state index in [9.17, 15) is 9.59 Å². The summed E-state index contributed by atoms with van der Waals surface area (Å²) < 4.78 is 6.08. The number of nitrogens with zero attached hydrogens (tertiary/aromatic N) is 1. The first kappa shape index (κ1) is 23.1. The molecule has 2 amide bonds. The second-order valence-electron chi connectivity index (χ2n) is 7.86. The van der Waals surface area contributed by atoms with Gasteiger partial charge >= 0.3 is 0 Å². The van der Waals surface area contributed by atoms with E-state index in [1.54, 1.807) is 24.3 Å². The van der Waals surface area contributed by atoms with Crippen molar-refractivity contribution in [2.45, 2.75) is 83.8 Å². The van der Waals surface area contributed by atoms with Crippen LogP contribution < -0.4 is 0 Å². The number of amides is 2. The topological polar surface area (TPSA) is 46.6 Å². The number of rotatable bonds is 14. The second-order valence-corrected chi connectivity index (χ2v) is 8.65. The molecule has 0 aliphatic carbocycles. The molecule has 1 aliphatic heterocycles. The third-order valence-corrected chi connectivity index (χ3v) is 5.72. The Morgan fingerprint density at radius 2 is 1.39 bits per heavy atom. The maximum Gasteiger partial charge on any atom is 0.261 e. The van der Waals surface area contributed by atoms with Gasteiger partial charge in [0.15, 0.2) is 0 Å². The zero-order chi connectivity index (χ0) is 20.4. The SMILES string of the molecule is CC(C)OC(CCCCCCCCBr)CCCN1C(=O)c2ccccc2C1=O. The van der Waals surface area contributed by atoms with Crippen molar-refractivity contribution >= 4 is 27.7 Å². The summed E-state index contributed by atoms with van der Waals surface area (Å²) >= 11 is 3.48. The van der Waals surface area contributed by atoms with Crippen LogP contribution in [0.2, 0.25) is 0 Å². The maximum absolute atomic E-state index is 12.5. The van der Waals surface area contributed by atoms with Gasteiger partial charge in [-0.15, -0.1) is 0 Å². The number of carbonyl (C=O) groups excluding carboxylic acids is 2. The molecule has 0 fully saturated rings. The number of unbranched alkanes of at least 4 members (excludes halogenated alkanes) is 5. The Hall–Kier alpha value is -1.20. The zero-order valence-electron chi connectivity index (χ0n) is 17.3. The molecule has 0 saturated heterocycles. The van der Waals surface area contributed by atoms with Crippen LogP contribution >= 0.6 is 15.9 Å². The normalized spacial score (nSPS) is 14.8. The van der Waals surface area contributed by atoms with Gasteiger partial charge in [-0.25, -0.2) is 0 Å². The molecule has 0 bridgehead atoms. The summed E-state index contributed by atoms with van der Waals surface area (Å²) in [5.41, 5.74) is 1.06. The molecule has 0 saturated carbocycles. The van der Waals surface area contributed by atoms with Crippen LogP contribution in [0.15, 0.2) is 24.3 Å². The maximum atomic E-state index is 12.5. The molecule has 1 aromatic rings. The fraction of sp³-hybridized carbons (Fsp3) is 0.652. The molecule has 28 heavy (non-hydrogen) atoms. The third-order valence-electron chi connectivity index (χ3n) is 5.16. The van der Waals surface area contributed by atoms with Crippen molar-refractivity contribution in [2.24, 2.45) is 0 Å². The van der Waals surface area contributed by atoms with E-state index in [1.165, 1.54) is 43.4 Å². The Morgan fingerprint density at radius 3 is 1.96 bits per heavy atom. The second kappa shape index (κ2) is 12.4. The summed E-state index contributed by atoms with van der Waals surface area (Å²) in [7, 11) is 0. The van der Waals surface area contributed by atoms with E-state index in [4.69, 9.17) is 4.74 Å². The van der Waals surface area contributed by atoms with Gasteiger partial charge in [0, 0.05) is 11.9 Å². The van der Waals surface area contributed by atoms with E-state index in [2.05, 4.69) is 29.8 Å². The van der Waals surface area contributed by atoms with Crippen LogP contribution in [-0.4, -0.2) is 40.8 Å². The van der Waals surface area contributed by atoms with Crippen LogP contribution in [0.5, 0.6) is 0 Å². The standard InChI is InChI=1S/C23H34BrNO3/c1-18(2)28-19(12-7-5-3-4-6-10-16-24)13-11-17-25-22(26)20-14-8-9-15-21(20)23(25)27/h8-9,14-15,18-19H,3-7,10-13,16-17H2,1-2H3. The predicted octanol–water partition coefficient (Wildman–Crippen LogP) is 5.98. The largest absolute Gasteiger partial charge is 0.376 e. The molecule has 1 unspecified atom stereocenters. The summed E-state index contributed by atoms with van der Waals surface area (Å²) in [4.78, 5) is 26.3. The number of hydrogen-bond acceptors (Lipinski definition) is 3. The van der Waals surface area contributed by atoms with Crippen molar-refractivity contribution in [3.63, 3.8) is 0 Å². The molecule has 1 aromatic carbocycles. The van der Waals surface area contributed by atoms with Gasteiger partial charge in [0.05, 0.1) is 23.3 Å². The number of imide groups is 1. The van der Waals surface area contributed by atoms with Crippen LogP contribution in [0.3, 0.4) is 0 Å². The number of benzene rings is 1. The van der Waals surface area contributed by atoms with Crippen molar-refractivity contribution in [3.05, 3.63) is 35.4 Å². The van der Waals surface area contributed by atoms with Crippen LogP contribution in [0.4, 0.5) is 0 Å². The first-order valence-corrected chi connectivity index (χ1v) is 11.8. The highest BCUT2D eigenvalue weighted by atomic mass is 79.9. The highest BCUT2D eigenvalue weighted by Crippen LogP contribution is 2.23. The number of fused-ring (bicyclic) bond motifs is 1. The van der Waals surface area contributed by atoms with Gasteiger partial charge in [0.2, 0.25) is 0 Å². The van der Waals surface area contributed by atoms with E-state index in [1.807, 2.05) is 0 Å². The van der Waals surface area contributed by atoms with E-state index < -0.39 is 0 Å². The number of halogens is 1. The van der Waals surface area contributed by atoms with Crippen molar-refractivity contribution in [2.75, 3.05) is 11.9 Å². The minimum Gasteiger partial charge on any atom is -0.376 e. The first-order chi connectivity index (χ1) is 13.5. The van der Waals surface area contributed by atoms with E-state index >= 15 is 0 Å². The lowest BCUT2D eigenvalue weighted by atomic mass is 10.0. The summed E-state index contributed by atoms with van der Waals surface area (Å²) in [6.45, 7) is 4.60. The van der Waals surface area contributed by atoms with Gasteiger partial charge in [-0.05, 0) is 51.7 Å². The fourth-order valence-corrected chi connectivity index (χ4v) is 4.15. The van der Waals surface area contributed by atoms with E-state index in [0.717, 1.165) is 24.6 Å². The molecule has 5 heteroatoms. The smallest absolute Gasteiger partial charge is 0.261 e. The molecular weight excluding hydrogens is 418 g/mol. The summed E-state index contributed by atoms with van der Waals surface area (Å²) in [5, 5.41) is 1.10. The Kier molecular flexibility index (Phi) is 10.2. The molecule has 2 rings (SSSR count). The van der Waals surface area contributed by atoms with Crippen molar-refractivity contribution in [1.29, 1.82) is 0 Å². The Morgan fingerprint density at radius 1 is 0.857 bits per heavy atom. The molecule has 156 valence electrons. The molecule has 1 aliphatic rings. The van der Waals surface area contributed by atoms with Crippen LogP contribution in [0.1, 0.15) is 92.4 Å². The Bertz CT molecular complexity index is 597. The minimum absolute atomic E-state index is 0.162. The van der Waals surface area contributed by atoms with Crippen molar-refractivity contribution in [3.8, 4) is 0 Å². The van der Waals surface area contributed by atoms with Gasteiger partial charge in [0.1, 0.15) is 0 Å². The molecule has 4 nitrogen and oxygen atoms in total. The molecule has 0 radical (unpaired) electrons. The molecule has 1 atom stereocenters. The minimum atomic E-state index is -0.162. The van der Waals surface area contributed by atoms with Crippen LogP contribution in [0.25, 0.3) is 0 Å². The highest BCUT2D eigenvalue weighted by molar-refractivity contribution is 9.09. The zero-order valence-corrected chi connectivity index (χ0v) is 18.9. The summed E-state index contributed by atoms with van der Waals surface area (Å²) in [6, 6.07) is 7.08. The molecule has 1 heterocycles. The number of carbonyl (C=O) groups is 2. The van der Waals surface area contributed by atoms with Gasteiger partial charge in [-0.2, -0.15) is 0 Å². The van der Waals surface area contributed by atoms with Gasteiger partial charge < -0.3 is 4.74 Å². The molecule has 0 N–H and O–H groups in total. The molecule has 0 aromatic heterocycles. The highest BCUT2D eigenvalue weighted by Gasteiger charge is 2.34. The molecule has 0 spiro atoms. The lowest BCUT2D eigenvalue weighted by Crippen LogP contribution is -2.31. The third kappa shape index (κ3) is 7.00.